The smallest absolute Gasteiger partial charge is 0.305 e. The van der Waals surface area contributed by atoms with Gasteiger partial charge in [-0.25, -0.2) is 0 Å². The summed E-state index contributed by atoms with van der Waals surface area (Å²) in [6, 6.07) is -0.535. The monoisotopic (exact) mass is 1140 g/mol. The predicted molar refractivity (Wildman–Crippen MR) is 356 cm³/mol. The van der Waals surface area contributed by atoms with E-state index >= 15 is 0 Å². The number of aliphatic hydroxyl groups excluding tert-OH is 2. The topological polar surface area (TPSA) is 95.9 Å². The second-order valence-electron chi connectivity index (χ2n) is 25.6. The van der Waals surface area contributed by atoms with Crippen molar-refractivity contribution in [1.82, 2.24) is 5.32 Å². The van der Waals surface area contributed by atoms with Crippen LogP contribution in [0.1, 0.15) is 418 Å². The zero-order chi connectivity index (χ0) is 58.5. The number of hydrogen-bond acceptors (Lipinski definition) is 5. The van der Waals surface area contributed by atoms with Gasteiger partial charge in [0.05, 0.1) is 25.4 Å². The average Bonchev–Trinajstić information content (AvgIpc) is 3.47. The van der Waals surface area contributed by atoms with Gasteiger partial charge in [0.1, 0.15) is 0 Å². The van der Waals surface area contributed by atoms with Crippen LogP contribution in [0.15, 0.2) is 24.3 Å². The average molecular weight is 1140 g/mol. The molecule has 0 spiro atoms. The molecule has 0 fully saturated rings. The fourth-order valence-electron chi connectivity index (χ4n) is 11.8. The zero-order valence-electron chi connectivity index (χ0n) is 55.0. The lowest BCUT2D eigenvalue weighted by molar-refractivity contribution is -0.143. The fraction of sp³-hybridized carbons (Fsp3) is 0.920. The minimum absolute atomic E-state index is 0.0157. The van der Waals surface area contributed by atoms with Crippen molar-refractivity contribution in [1.29, 1.82) is 0 Å². The molecule has 0 aliphatic carbocycles. The maximum atomic E-state index is 12.4. The van der Waals surface area contributed by atoms with Gasteiger partial charge in [0.25, 0.3) is 0 Å². The first-order valence-corrected chi connectivity index (χ1v) is 37.1. The van der Waals surface area contributed by atoms with Crippen molar-refractivity contribution in [2.24, 2.45) is 0 Å². The number of hydrogen-bond donors (Lipinski definition) is 3. The summed E-state index contributed by atoms with van der Waals surface area (Å²) in [7, 11) is 0. The fourth-order valence-corrected chi connectivity index (χ4v) is 11.8. The number of esters is 1. The molecule has 0 aliphatic rings. The lowest BCUT2D eigenvalue weighted by Crippen LogP contribution is -2.45. The Morgan fingerprint density at radius 3 is 0.877 bits per heavy atom. The third-order valence-electron chi connectivity index (χ3n) is 17.5. The largest absolute Gasteiger partial charge is 0.466 e. The minimum Gasteiger partial charge on any atom is -0.466 e. The molecule has 2 unspecified atom stereocenters. The van der Waals surface area contributed by atoms with Crippen LogP contribution in [0.3, 0.4) is 0 Å². The van der Waals surface area contributed by atoms with Crippen molar-refractivity contribution in [3.8, 4) is 0 Å². The number of ether oxygens (including phenoxy) is 1. The molecule has 480 valence electrons. The van der Waals surface area contributed by atoms with Crippen LogP contribution >= 0.6 is 0 Å². The molecular formula is C75H145NO5. The first-order chi connectivity index (χ1) is 40.0. The van der Waals surface area contributed by atoms with E-state index in [1.165, 1.54) is 340 Å². The van der Waals surface area contributed by atoms with E-state index < -0.39 is 12.1 Å². The normalized spacial score (nSPS) is 12.6. The molecule has 0 aromatic heterocycles. The Kier molecular flexibility index (Phi) is 69.4. The lowest BCUT2D eigenvalue weighted by atomic mass is 10.0. The van der Waals surface area contributed by atoms with Crippen molar-refractivity contribution in [2.45, 2.75) is 431 Å². The Balaban J connectivity index is 3.28. The summed E-state index contributed by atoms with van der Waals surface area (Å²) >= 11 is 0. The van der Waals surface area contributed by atoms with Crippen LogP contribution in [-0.4, -0.2) is 47.4 Å². The van der Waals surface area contributed by atoms with E-state index in [0.29, 0.717) is 25.9 Å². The number of carbonyl (C=O) groups is 2. The minimum atomic E-state index is -0.658. The number of amides is 1. The van der Waals surface area contributed by atoms with Gasteiger partial charge >= 0.3 is 5.97 Å². The number of aliphatic hydroxyl groups is 2. The summed E-state index contributed by atoms with van der Waals surface area (Å²) in [4.78, 5) is 24.5. The van der Waals surface area contributed by atoms with E-state index in [-0.39, 0.29) is 18.5 Å². The molecule has 0 bridgehead atoms. The van der Waals surface area contributed by atoms with Crippen LogP contribution < -0.4 is 5.32 Å². The van der Waals surface area contributed by atoms with Gasteiger partial charge in [0.2, 0.25) is 5.91 Å². The summed E-state index contributed by atoms with van der Waals surface area (Å²) in [6.45, 7) is 4.96. The van der Waals surface area contributed by atoms with Crippen LogP contribution in [-0.2, 0) is 14.3 Å². The van der Waals surface area contributed by atoms with Crippen LogP contribution in [0.4, 0.5) is 0 Å². The predicted octanol–water partition coefficient (Wildman–Crippen LogP) is 24.1. The van der Waals surface area contributed by atoms with Gasteiger partial charge in [-0.05, 0) is 77.0 Å². The van der Waals surface area contributed by atoms with E-state index in [1.807, 2.05) is 0 Å². The van der Waals surface area contributed by atoms with Crippen molar-refractivity contribution < 1.29 is 24.5 Å². The summed E-state index contributed by atoms with van der Waals surface area (Å²) < 4.78 is 5.50. The molecule has 0 heterocycles. The highest BCUT2D eigenvalue weighted by Crippen LogP contribution is 2.19. The number of carbonyl (C=O) groups excluding carboxylic acids is 2. The molecule has 0 saturated heterocycles. The highest BCUT2D eigenvalue weighted by Gasteiger charge is 2.20. The van der Waals surface area contributed by atoms with Crippen LogP contribution in [0, 0.1) is 0 Å². The van der Waals surface area contributed by atoms with Gasteiger partial charge in [-0.2, -0.15) is 0 Å². The zero-order valence-corrected chi connectivity index (χ0v) is 55.0. The SMILES string of the molecule is CCCCCCCCC/C=C\CCCCCCCC(=O)OCCCCCCCCCCCCCCCCCCCC/C=C\CCCCCCCCCCCCCCCCCCCC(=O)NC(CO)C(O)CCCCCCCCCCC. The van der Waals surface area contributed by atoms with Crippen LogP contribution in [0.2, 0.25) is 0 Å². The molecule has 6 nitrogen and oxygen atoms in total. The van der Waals surface area contributed by atoms with Crippen LogP contribution in [0.5, 0.6) is 0 Å². The third kappa shape index (κ3) is 67.3. The van der Waals surface area contributed by atoms with Crippen LogP contribution in [0.25, 0.3) is 0 Å². The van der Waals surface area contributed by atoms with E-state index in [1.54, 1.807) is 0 Å². The molecule has 1 amide bonds. The summed E-state index contributed by atoms with van der Waals surface area (Å²) in [5.41, 5.74) is 0. The maximum absolute atomic E-state index is 12.4. The van der Waals surface area contributed by atoms with Crippen molar-refractivity contribution in [3.05, 3.63) is 24.3 Å². The quantitative estimate of drug-likeness (QED) is 0.0320. The molecule has 3 N–H and O–H groups in total. The molecule has 0 aliphatic heterocycles. The number of unbranched alkanes of at least 4 members (excludes halogenated alkanes) is 55. The standard InChI is InChI=1S/C75H145NO5/c1-3-5-7-9-11-13-14-15-16-43-46-49-53-57-61-65-69-75(80)81-70-66-62-58-54-50-47-44-41-39-37-35-33-31-29-27-25-23-21-19-17-18-20-22-24-26-28-30-32-34-36-38-40-42-45-48-52-56-60-64-68-74(79)76-72(71-77)73(78)67-63-59-55-51-12-10-8-6-4-2/h16-18,43,72-73,77-78H,3-15,19-42,44-71H2,1-2H3,(H,76,79)/b18-17-,43-16-. The summed E-state index contributed by atoms with van der Waals surface area (Å²) in [5.74, 6) is -0.0155. The molecule has 0 rings (SSSR count). The lowest BCUT2D eigenvalue weighted by Gasteiger charge is -2.22. The second-order valence-corrected chi connectivity index (χ2v) is 25.6. The van der Waals surface area contributed by atoms with Gasteiger partial charge in [0, 0.05) is 12.8 Å². The summed E-state index contributed by atoms with van der Waals surface area (Å²) in [5, 5.41) is 23.2. The Bertz CT molecular complexity index is 1270. The van der Waals surface area contributed by atoms with Gasteiger partial charge < -0.3 is 20.3 Å². The number of rotatable bonds is 70. The van der Waals surface area contributed by atoms with Gasteiger partial charge in [-0.15, -0.1) is 0 Å². The molecular weight excluding hydrogens is 995 g/mol. The number of nitrogens with one attached hydrogen (secondary N) is 1. The summed E-state index contributed by atoms with van der Waals surface area (Å²) in [6.07, 6.45) is 89.9. The highest BCUT2D eigenvalue weighted by atomic mass is 16.5. The van der Waals surface area contributed by atoms with Crippen molar-refractivity contribution in [2.75, 3.05) is 13.2 Å². The molecule has 0 aromatic carbocycles. The first kappa shape index (κ1) is 79.3. The molecule has 81 heavy (non-hydrogen) atoms. The Hall–Kier alpha value is -1.66. The molecule has 0 radical (unpaired) electrons. The Morgan fingerprint density at radius 1 is 0.333 bits per heavy atom. The van der Waals surface area contributed by atoms with Crippen molar-refractivity contribution in [3.63, 3.8) is 0 Å². The van der Waals surface area contributed by atoms with Gasteiger partial charge in [-0.3, -0.25) is 9.59 Å². The van der Waals surface area contributed by atoms with E-state index in [4.69, 9.17) is 4.74 Å². The third-order valence-corrected chi connectivity index (χ3v) is 17.5. The first-order valence-electron chi connectivity index (χ1n) is 37.1. The Morgan fingerprint density at radius 2 is 0.580 bits per heavy atom. The van der Waals surface area contributed by atoms with E-state index in [2.05, 4.69) is 43.5 Å². The molecule has 0 saturated carbocycles. The molecule has 6 heteroatoms. The van der Waals surface area contributed by atoms with Gasteiger partial charge in [0.15, 0.2) is 0 Å². The van der Waals surface area contributed by atoms with Crippen molar-refractivity contribution >= 4 is 11.9 Å². The van der Waals surface area contributed by atoms with Gasteiger partial charge in [-0.1, -0.05) is 353 Å². The van der Waals surface area contributed by atoms with E-state index in [0.717, 1.165) is 44.9 Å². The molecule has 0 aromatic rings. The van der Waals surface area contributed by atoms with E-state index in [9.17, 15) is 19.8 Å². The maximum Gasteiger partial charge on any atom is 0.305 e. The second kappa shape index (κ2) is 70.8. The Labute approximate surface area is 507 Å². The number of allylic oxidation sites excluding steroid dienone is 4. The highest BCUT2D eigenvalue weighted by molar-refractivity contribution is 5.76. The molecule has 2 atom stereocenters.